The lowest BCUT2D eigenvalue weighted by molar-refractivity contribution is 0.232. The van der Waals surface area contributed by atoms with Crippen molar-refractivity contribution in [2.24, 2.45) is 0 Å². The van der Waals surface area contributed by atoms with Crippen LogP contribution >= 0.6 is 11.6 Å². The number of anilines is 3. The van der Waals surface area contributed by atoms with Crippen molar-refractivity contribution in [3.8, 4) is 5.88 Å². The molecule has 3 aromatic rings. The standard InChI is InChI=1S/C17H20ClN7O2/c1-9(2)26-16-7-15(23-24-16)21-14-6-13(18)20-17(22-14)19-8-11-5-12(25-27-11)10-3-4-10/h5-7,9-10H,3-4,8H2,1-2H3,(H3,19,20,21,22,23,24). The molecule has 10 heteroatoms. The molecule has 0 radical (unpaired) electrons. The Morgan fingerprint density at radius 3 is 2.89 bits per heavy atom. The predicted molar refractivity (Wildman–Crippen MR) is 100 cm³/mol. The maximum absolute atomic E-state index is 6.11. The van der Waals surface area contributed by atoms with Gasteiger partial charge in [0.15, 0.2) is 11.6 Å². The van der Waals surface area contributed by atoms with E-state index in [1.54, 1.807) is 12.1 Å². The van der Waals surface area contributed by atoms with Gasteiger partial charge in [-0.25, -0.2) is 10.1 Å². The minimum Gasteiger partial charge on any atom is -0.475 e. The van der Waals surface area contributed by atoms with Crippen molar-refractivity contribution in [1.29, 1.82) is 0 Å². The van der Waals surface area contributed by atoms with Crippen molar-refractivity contribution in [2.45, 2.75) is 45.3 Å². The van der Waals surface area contributed by atoms with Gasteiger partial charge in [-0.05, 0) is 26.7 Å². The molecule has 1 aliphatic rings. The molecular weight excluding hydrogens is 370 g/mol. The maximum Gasteiger partial charge on any atom is 0.226 e. The molecule has 0 unspecified atom stereocenters. The molecule has 0 spiro atoms. The largest absolute Gasteiger partial charge is 0.475 e. The number of aromatic amines is 1. The van der Waals surface area contributed by atoms with Gasteiger partial charge in [-0.3, -0.25) is 0 Å². The molecule has 1 aliphatic carbocycles. The summed E-state index contributed by atoms with van der Waals surface area (Å²) in [4.78, 5) is 8.57. The Labute approximate surface area is 160 Å². The lowest BCUT2D eigenvalue weighted by Gasteiger charge is -2.07. The highest BCUT2D eigenvalue weighted by molar-refractivity contribution is 6.29. The van der Waals surface area contributed by atoms with Gasteiger partial charge in [0.05, 0.1) is 18.3 Å². The third kappa shape index (κ3) is 4.68. The van der Waals surface area contributed by atoms with E-state index in [1.165, 1.54) is 12.8 Å². The van der Waals surface area contributed by atoms with Crippen LogP contribution in [-0.4, -0.2) is 31.4 Å². The second-order valence-electron chi connectivity index (χ2n) is 6.65. The average molecular weight is 390 g/mol. The monoisotopic (exact) mass is 389 g/mol. The Morgan fingerprint density at radius 1 is 1.26 bits per heavy atom. The van der Waals surface area contributed by atoms with Gasteiger partial charge in [0.2, 0.25) is 11.8 Å². The Bertz CT molecular complexity index is 920. The van der Waals surface area contributed by atoms with E-state index < -0.39 is 0 Å². The zero-order valence-electron chi connectivity index (χ0n) is 15.0. The molecule has 9 nitrogen and oxygen atoms in total. The molecule has 3 N–H and O–H groups in total. The van der Waals surface area contributed by atoms with Crippen molar-refractivity contribution in [2.75, 3.05) is 10.6 Å². The van der Waals surface area contributed by atoms with Crippen LogP contribution in [0.2, 0.25) is 5.15 Å². The highest BCUT2D eigenvalue weighted by Gasteiger charge is 2.27. The number of halogens is 1. The van der Waals surface area contributed by atoms with Crippen molar-refractivity contribution >= 4 is 29.2 Å². The van der Waals surface area contributed by atoms with Crippen LogP contribution in [0, 0.1) is 0 Å². The molecule has 1 fully saturated rings. The fraction of sp³-hybridized carbons (Fsp3) is 0.412. The minimum absolute atomic E-state index is 0.0547. The summed E-state index contributed by atoms with van der Waals surface area (Å²) in [6.07, 6.45) is 2.42. The summed E-state index contributed by atoms with van der Waals surface area (Å²) in [6, 6.07) is 5.33. The Hall–Kier alpha value is -2.81. The van der Waals surface area contributed by atoms with E-state index in [-0.39, 0.29) is 6.10 Å². The van der Waals surface area contributed by atoms with Crippen molar-refractivity contribution in [1.82, 2.24) is 25.3 Å². The summed E-state index contributed by atoms with van der Waals surface area (Å²) < 4.78 is 10.9. The van der Waals surface area contributed by atoms with Crippen LogP contribution < -0.4 is 15.4 Å². The van der Waals surface area contributed by atoms with Crippen LogP contribution in [0.4, 0.5) is 17.6 Å². The fourth-order valence-electron chi connectivity index (χ4n) is 2.52. The zero-order valence-corrected chi connectivity index (χ0v) is 15.7. The predicted octanol–water partition coefficient (Wildman–Crippen LogP) is 3.86. The van der Waals surface area contributed by atoms with Crippen LogP contribution in [0.25, 0.3) is 0 Å². The number of hydrogen-bond donors (Lipinski definition) is 3. The van der Waals surface area contributed by atoms with E-state index in [0.717, 1.165) is 11.5 Å². The molecular formula is C17H20ClN7O2. The van der Waals surface area contributed by atoms with E-state index in [2.05, 4.69) is 36.0 Å². The van der Waals surface area contributed by atoms with Gasteiger partial charge in [-0.15, -0.1) is 0 Å². The summed E-state index contributed by atoms with van der Waals surface area (Å²) in [7, 11) is 0. The van der Waals surface area contributed by atoms with Crippen molar-refractivity contribution in [3.63, 3.8) is 0 Å². The highest BCUT2D eigenvalue weighted by atomic mass is 35.5. The lowest BCUT2D eigenvalue weighted by atomic mass is 10.3. The first-order valence-electron chi connectivity index (χ1n) is 8.78. The van der Waals surface area contributed by atoms with Crippen LogP contribution in [0.3, 0.4) is 0 Å². The molecule has 0 bridgehead atoms. The minimum atomic E-state index is 0.0547. The van der Waals surface area contributed by atoms with Crippen LogP contribution in [-0.2, 0) is 6.54 Å². The van der Waals surface area contributed by atoms with E-state index >= 15 is 0 Å². The molecule has 4 rings (SSSR count). The molecule has 0 saturated heterocycles. The first-order valence-corrected chi connectivity index (χ1v) is 9.16. The van der Waals surface area contributed by atoms with Gasteiger partial charge in [0.25, 0.3) is 0 Å². The normalized spacial score (nSPS) is 13.8. The van der Waals surface area contributed by atoms with Gasteiger partial charge < -0.3 is 19.9 Å². The van der Waals surface area contributed by atoms with Crippen molar-refractivity contribution < 1.29 is 9.26 Å². The van der Waals surface area contributed by atoms with Gasteiger partial charge in [-0.1, -0.05) is 16.8 Å². The Morgan fingerprint density at radius 2 is 2.11 bits per heavy atom. The van der Waals surface area contributed by atoms with Gasteiger partial charge in [0.1, 0.15) is 11.0 Å². The van der Waals surface area contributed by atoms with Gasteiger partial charge in [-0.2, -0.15) is 10.1 Å². The van der Waals surface area contributed by atoms with E-state index in [4.69, 9.17) is 20.9 Å². The third-order valence-electron chi connectivity index (χ3n) is 3.86. The second kappa shape index (κ2) is 7.43. The van der Waals surface area contributed by atoms with E-state index in [1.807, 2.05) is 19.9 Å². The highest BCUT2D eigenvalue weighted by Crippen LogP contribution is 2.39. The number of nitrogens with one attached hydrogen (secondary N) is 3. The molecule has 0 aliphatic heterocycles. The first-order chi connectivity index (χ1) is 13.0. The van der Waals surface area contributed by atoms with Crippen LogP contribution in [0.1, 0.15) is 44.1 Å². The zero-order chi connectivity index (χ0) is 18.8. The van der Waals surface area contributed by atoms with Gasteiger partial charge >= 0.3 is 0 Å². The average Bonchev–Trinajstić information content (AvgIpc) is 3.19. The molecule has 3 heterocycles. The number of rotatable bonds is 8. The van der Waals surface area contributed by atoms with Crippen LogP contribution in [0.15, 0.2) is 22.7 Å². The molecule has 3 aromatic heterocycles. The smallest absolute Gasteiger partial charge is 0.226 e. The molecule has 0 amide bonds. The Balaban J connectivity index is 1.40. The number of ether oxygens (including phenoxy) is 1. The lowest BCUT2D eigenvalue weighted by Crippen LogP contribution is -2.05. The number of H-pyrrole nitrogens is 1. The number of hydrogen-bond acceptors (Lipinski definition) is 8. The maximum atomic E-state index is 6.11. The SMILES string of the molecule is CC(C)Oc1cc(Nc2cc(Cl)nc(NCc3cc(C4CC4)no3)n2)n[nH]1. The first kappa shape index (κ1) is 17.6. The molecule has 0 aromatic carbocycles. The summed E-state index contributed by atoms with van der Waals surface area (Å²) >= 11 is 6.11. The molecule has 142 valence electrons. The number of aromatic nitrogens is 5. The van der Waals surface area contributed by atoms with E-state index in [0.29, 0.717) is 41.1 Å². The summed E-state index contributed by atoms with van der Waals surface area (Å²) in [5.41, 5.74) is 1.01. The summed E-state index contributed by atoms with van der Waals surface area (Å²) in [6.45, 7) is 4.31. The summed E-state index contributed by atoms with van der Waals surface area (Å²) in [5.74, 6) is 3.32. The summed E-state index contributed by atoms with van der Waals surface area (Å²) in [5, 5.41) is 17.5. The quantitative estimate of drug-likeness (QED) is 0.497. The molecule has 0 atom stereocenters. The Kier molecular flexibility index (Phi) is 4.85. The number of nitrogens with zero attached hydrogens (tertiary/aromatic N) is 4. The molecule has 27 heavy (non-hydrogen) atoms. The topological polar surface area (TPSA) is 114 Å². The van der Waals surface area contributed by atoms with Crippen molar-refractivity contribution in [3.05, 3.63) is 34.8 Å². The van der Waals surface area contributed by atoms with Crippen LogP contribution in [0.5, 0.6) is 5.88 Å². The van der Waals surface area contributed by atoms with E-state index in [9.17, 15) is 0 Å². The fourth-order valence-corrected chi connectivity index (χ4v) is 2.71. The van der Waals surface area contributed by atoms with Gasteiger partial charge in [0, 0.05) is 24.1 Å². The molecule has 1 saturated carbocycles. The third-order valence-corrected chi connectivity index (χ3v) is 4.06. The second-order valence-corrected chi connectivity index (χ2v) is 7.04.